The van der Waals surface area contributed by atoms with E-state index in [9.17, 15) is 0 Å². The number of rotatable bonds is 4. The van der Waals surface area contributed by atoms with Crippen molar-refractivity contribution in [3.05, 3.63) is 66.5 Å². The van der Waals surface area contributed by atoms with Crippen molar-refractivity contribution in [1.29, 1.82) is 0 Å². The van der Waals surface area contributed by atoms with E-state index in [1.54, 1.807) is 14.2 Å². The fourth-order valence-corrected chi connectivity index (χ4v) is 4.41. The summed E-state index contributed by atoms with van der Waals surface area (Å²) in [5.74, 6) is 1.53. The Morgan fingerprint density at radius 1 is 0.821 bits per heavy atom. The first-order chi connectivity index (χ1) is 13.8. The van der Waals surface area contributed by atoms with E-state index in [2.05, 4.69) is 63.8 Å². The molecule has 3 heterocycles. The van der Waals surface area contributed by atoms with Crippen molar-refractivity contribution in [2.75, 3.05) is 14.2 Å². The van der Waals surface area contributed by atoms with Crippen LogP contribution in [0.3, 0.4) is 0 Å². The number of hydrogen-bond acceptors (Lipinski definition) is 2. The fraction of sp³-hybridized carbons (Fsp3) is 0.250. The monoisotopic (exact) mass is 372 g/mol. The number of aromatic nitrogens is 2. The van der Waals surface area contributed by atoms with E-state index in [1.807, 2.05) is 6.07 Å². The SMILES string of the molecule is COc1ccc(-c2cn3cc(-c4ccccc4)n4c3c2CCCC4)cc1OC. The maximum absolute atomic E-state index is 5.53. The van der Waals surface area contributed by atoms with Crippen molar-refractivity contribution in [2.45, 2.75) is 25.8 Å². The van der Waals surface area contributed by atoms with Gasteiger partial charge in [-0.25, -0.2) is 0 Å². The Bertz CT molecular complexity index is 1140. The lowest BCUT2D eigenvalue weighted by atomic mass is 10.0. The van der Waals surface area contributed by atoms with Crippen LogP contribution in [0, 0.1) is 0 Å². The van der Waals surface area contributed by atoms with Gasteiger partial charge < -0.3 is 18.4 Å². The summed E-state index contributed by atoms with van der Waals surface area (Å²) in [5, 5.41) is 0. The van der Waals surface area contributed by atoms with E-state index < -0.39 is 0 Å². The highest BCUT2D eigenvalue weighted by atomic mass is 16.5. The predicted octanol–water partition coefficient (Wildman–Crippen LogP) is 5.43. The van der Waals surface area contributed by atoms with Crippen molar-refractivity contribution in [3.8, 4) is 33.9 Å². The lowest BCUT2D eigenvalue weighted by Gasteiger charge is -2.10. The maximum Gasteiger partial charge on any atom is 0.161 e. The van der Waals surface area contributed by atoms with Gasteiger partial charge in [0.05, 0.1) is 19.9 Å². The number of hydrogen-bond donors (Lipinski definition) is 0. The Labute approximate surface area is 164 Å². The summed E-state index contributed by atoms with van der Waals surface area (Å²) in [7, 11) is 3.36. The smallest absolute Gasteiger partial charge is 0.161 e. The lowest BCUT2D eigenvalue weighted by molar-refractivity contribution is 0.355. The summed E-state index contributed by atoms with van der Waals surface area (Å²) in [6, 6.07) is 16.9. The molecule has 0 unspecified atom stereocenters. The van der Waals surface area contributed by atoms with Crippen molar-refractivity contribution in [2.24, 2.45) is 0 Å². The second kappa shape index (κ2) is 6.79. The molecule has 4 aromatic rings. The normalized spacial score (nSPS) is 13.5. The highest BCUT2D eigenvalue weighted by Crippen LogP contribution is 2.39. The van der Waals surface area contributed by atoms with Crippen LogP contribution in [0.25, 0.3) is 28.0 Å². The molecular formula is C24H24N2O2. The minimum absolute atomic E-state index is 0.761. The fourth-order valence-electron chi connectivity index (χ4n) is 4.41. The van der Waals surface area contributed by atoms with Gasteiger partial charge in [0, 0.05) is 30.1 Å². The molecule has 5 rings (SSSR count). The van der Waals surface area contributed by atoms with Gasteiger partial charge in [-0.05, 0) is 42.5 Å². The van der Waals surface area contributed by atoms with E-state index in [-0.39, 0.29) is 0 Å². The molecule has 28 heavy (non-hydrogen) atoms. The highest BCUT2D eigenvalue weighted by molar-refractivity contribution is 5.79. The van der Waals surface area contributed by atoms with Crippen LogP contribution in [0.5, 0.6) is 11.5 Å². The zero-order valence-electron chi connectivity index (χ0n) is 16.3. The number of ether oxygens (including phenoxy) is 2. The van der Waals surface area contributed by atoms with Crippen LogP contribution >= 0.6 is 0 Å². The summed E-state index contributed by atoms with van der Waals surface area (Å²) in [5.41, 5.74) is 7.76. The molecule has 0 N–H and O–H groups in total. The third-order valence-corrected chi connectivity index (χ3v) is 5.74. The molecule has 4 nitrogen and oxygen atoms in total. The molecule has 0 radical (unpaired) electrons. The van der Waals surface area contributed by atoms with Crippen LogP contribution in [0.2, 0.25) is 0 Å². The molecule has 0 fully saturated rings. The average molecular weight is 372 g/mol. The van der Waals surface area contributed by atoms with Crippen LogP contribution in [-0.4, -0.2) is 23.2 Å². The van der Waals surface area contributed by atoms with Gasteiger partial charge in [0.15, 0.2) is 11.5 Å². The number of aryl methyl sites for hydroxylation is 2. The predicted molar refractivity (Wildman–Crippen MR) is 112 cm³/mol. The van der Waals surface area contributed by atoms with Gasteiger partial charge in [0.1, 0.15) is 5.65 Å². The Morgan fingerprint density at radius 3 is 2.43 bits per heavy atom. The molecule has 0 aliphatic carbocycles. The second-order valence-electron chi connectivity index (χ2n) is 7.31. The van der Waals surface area contributed by atoms with E-state index >= 15 is 0 Å². The molecule has 2 aromatic carbocycles. The number of methoxy groups -OCH3 is 2. The molecule has 0 saturated heterocycles. The molecule has 0 saturated carbocycles. The standard InChI is InChI=1S/C24H24N2O2/c1-27-22-12-11-18(14-23(22)28-2)20-15-25-16-21(17-8-4-3-5-9-17)26-13-7-6-10-19(20)24(25)26/h3-5,8-9,11-12,14-16H,6-7,10,13H2,1-2H3. The molecule has 0 spiro atoms. The third kappa shape index (κ3) is 2.60. The van der Waals surface area contributed by atoms with Crippen molar-refractivity contribution >= 4 is 5.65 Å². The van der Waals surface area contributed by atoms with Gasteiger partial charge >= 0.3 is 0 Å². The van der Waals surface area contributed by atoms with E-state index in [0.29, 0.717) is 0 Å². The molecule has 4 heteroatoms. The average Bonchev–Trinajstić information content (AvgIpc) is 3.18. The van der Waals surface area contributed by atoms with Crippen LogP contribution in [-0.2, 0) is 13.0 Å². The Morgan fingerprint density at radius 2 is 1.64 bits per heavy atom. The van der Waals surface area contributed by atoms with E-state index in [0.717, 1.165) is 24.5 Å². The molecule has 0 atom stereocenters. The first kappa shape index (κ1) is 17.0. The van der Waals surface area contributed by atoms with Gasteiger partial charge in [0.25, 0.3) is 0 Å². The number of nitrogens with zero attached hydrogens (tertiary/aromatic N) is 2. The van der Waals surface area contributed by atoms with Crippen molar-refractivity contribution in [3.63, 3.8) is 0 Å². The number of imidazole rings is 1. The molecule has 0 amide bonds. The molecule has 142 valence electrons. The Kier molecular flexibility index (Phi) is 4.12. The van der Waals surface area contributed by atoms with Crippen molar-refractivity contribution < 1.29 is 9.47 Å². The minimum atomic E-state index is 0.761. The number of benzene rings is 2. The summed E-state index contributed by atoms with van der Waals surface area (Å²) in [4.78, 5) is 0. The molecular weight excluding hydrogens is 348 g/mol. The van der Waals surface area contributed by atoms with E-state index in [4.69, 9.17) is 9.47 Å². The van der Waals surface area contributed by atoms with Crippen LogP contribution in [0.4, 0.5) is 0 Å². The van der Waals surface area contributed by atoms with Gasteiger partial charge in [-0.2, -0.15) is 0 Å². The first-order valence-corrected chi connectivity index (χ1v) is 9.81. The van der Waals surface area contributed by atoms with Gasteiger partial charge in [0.2, 0.25) is 0 Å². The largest absolute Gasteiger partial charge is 0.493 e. The lowest BCUT2D eigenvalue weighted by Crippen LogP contribution is -1.98. The Balaban J connectivity index is 1.70. The Hall–Kier alpha value is -3.14. The molecule has 1 aliphatic heterocycles. The first-order valence-electron chi connectivity index (χ1n) is 9.81. The quantitative estimate of drug-likeness (QED) is 0.478. The summed E-state index contributed by atoms with van der Waals surface area (Å²) in [6.45, 7) is 1.06. The molecule has 2 aromatic heterocycles. The van der Waals surface area contributed by atoms with Crippen LogP contribution in [0.1, 0.15) is 18.4 Å². The van der Waals surface area contributed by atoms with Gasteiger partial charge in [-0.1, -0.05) is 36.4 Å². The van der Waals surface area contributed by atoms with Gasteiger partial charge in [-0.3, -0.25) is 0 Å². The second-order valence-corrected chi connectivity index (χ2v) is 7.31. The van der Waals surface area contributed by atoms with Crippen LogP contribution < -0.4 is 9.47 Å². The zero-order chi connectivity index (χ0) is 19.1. The highest BCUT2D eigenvalue weighted by Gasteiger charge is 2.22. The van der Waals surface area contributed by atoms with Gasteiger partial charge in [-0.15, -0.1) is 0 Å². The van der Waals surface area contributed by atoms with Crippen LogP contribution in [0.15, 0.2) is 60.9 Å². The molecule has 1 aliphatic rings. The van der Waals surface area contributed by atoms with E-state index in [1.165, 1.54) is 46.4 Å². The summed E-state index contributed by atoms with van der Waals surface area (Å²) >= 11 is 0. The minimum Gasteiger partial charge on any atom is -0.493 e. The summed E-state index contributed by atoms with van der Waals surface area (Å²) < 4.78 is 15.7. The topological polar surface area (TPSA) is 27.8 Å². The maximum atomic E-state index is 5.53. The third-order valence-electron chi connectivity index (χ3n) is 5.74. The molecule has 0 bridgehead atoms. The van der Waals surface area contributed by atoms with Crippen molar-refractivity contribution in [1.82, 2.24) is 8.97 Å². The summed E-state index contributed by atoms with van der Waals surface area (Å²) in [6.07, 6.45) is 8.03. The zero-order valence-corrected chi connectivity index (χ0v) is 16.3.